The van der Waals surface area contributed by atoms with Crippen molar-refractivity contribution < 1.29 is 14.7 Å². The molecule has 0 aromatic heterocycles. The highest BCUT2D eigenvalue weighted by atomic mass is 79.9. The number of hydrogen-bond donors (Lipinski definition) is 2. The van der Waals surface area contributed by atoms with Crippen LogP contribution in [0.15, 0.2) is 16.6 Å². The summed E-state index contributed by atoms with van der Waals surface area (Å²) in [7, 11) is 0. The van der Waals surface area contributed by atoms with E-state index in [1.165, 1.54) is 6.07 Å². The first-order valence-electron chi connectivity index (χ1n) is 5.39. The van der Waals surface area contributed by atoms with Gasteiger partial charge in [0.25, 0.3) is 5.91 Å². The predicted octanol–water partition coefficient (Wildman–Crippen LogP) is 1.92. The Labute approximate surface area is 106 Å². The van der Waals surface area contributed by atoms with Gasteiger partial charge in [-0.1, -0.05) is 15.9 Å². The topological polar surface area (TPSA) is 66.4 Å². The Morgan fingerprint density at radius 2 is 2.12 bits per heavy atom. The van der Waals surface area contributed by atoms with Gasteiger partial charge in [0.2, 0.25) is 0 Å². The summed E-state index contributed by atoms with van der Waals surface area (Å²) < 4.78 is 0.736. The smallest absolute Gasteiger partial charge is 0.335 e. The second kappa shape index (κ2) is 3.32. The molecule has 1 heterocycles. The Bertz CT molecular complexity index is 549. The second-order valence-electron chi connectivity index (χ2n) is 4.65. The van der Waals surface area contributed by atoms with E-state index in [-0.39, 0.29) is 16.9 Å². The molecular formula is C12H10BrNO3. The van der Waals surface area contributed by atoms with Crippen molar-refractivity contribution in [1.29, 1.82) is 0 Å². The Balaban J connectivity index is 2.24. The zero-order valence-corrected chi connectivity index (χ0v) is 10.5. The molecule has 4 nitrogen and oxygen atoms in total. The molecule has 1 spiro atoms. The minimum absolute atomic E-state index is 0.0408. The summed E-state index contributed by atoms with van der Waals surface area (Å²) in [4.78, 5) is 22.8. The molecule has 2 aliphatic rings. The molecule has 1 amide bonds. The molecule has 0 saturated heterocycles. The van der Waals surface area contributed by atoms with Gasteiger partial charge in [0.1, 0.15) is 0 Å². The van der Waals surface area contributed by atoms with Crippen molar-refractivity contribution >= 4 is 27.8 Å². The van der Waals surface area contributed by atoms with Gasteiger partial charge in [0, 0.05) is 22.0 Å². The van der Waals surface area contributed by atoms with Crippen LogP contribution in [0.4, 0.5) is 0 Å². The van der Waals surface area contributed by atoms with Crippen molar-refractivity contribution in [3.05, 3.63) is 33.3 Å². The second-order valence-corrected chi connectivity index (χ2v) is 5.50. The number of carboxylic acids is 1. The number of fused-ring (bicyclic) bond motifs is 2. The van der Waals surface area contributed by atoms with E-state index in [9.17, 15) is 9.59 Å². The Morgan fingerprint density at radius 3 is 2.71 bits per heavy atom. The molecule has 0 atom stereocenters. The summed E-state index contributed by atoms with van der Waals surface area (Å²) in [5.74, 6) is -1.20. The van der Waals surface area contributed by atoms with Crippen LogP contribution < -0.4 is 5.32 Å². The fourth-order valence-electron chi connectivity index (χ4n) is 2.46. The number of carboxylic acid groups (broad SMARTS) is 1. The van der Waals surface area contributed by atoms with Crippen molar-refractivity contribution in [1.82, 2.24) is 5.32 Å². The number of aromatic carboxylic acids is 1. The first-order chi connectivity index (χ1) is 8.03. The minimum Gasteiger partial charge on any atom is -0.478 e. The molecule has 88 valence electrons. The van der Waals surface area contributed by atoms with Gasteiger partial charge in [-0.3, -0.25) is 4.79 Å². The van der Waals surface area contributed by atoms with E-state index < -0.39 is 5.97 Å². The lowest BCUT2D eigenvalue weighted by atomic mass is 9.86. The summed E-state index contributed by atoms with van der Waals surface area (Å²) in [6.07, 6.45) is 2.09. The average molecular weight is 296 g/mol. The lowest BCUT2D eigenvalue weighted by molar-refractivity contribution is 0.0696. The van der Waals surface area contributed by atoms with Crippen LogP contribution in [0.1, 0.15) is 39.1 Å². The van der Waals surface area contributed by atoms with Crippen molar-refractivity contribution in [3.8, 4) is 0 Å². The zero-order valence-electron chi connectivity index (χ0n) is 8.92. The van der Waals surface area contributed by atoms with Gasteiger partial charge in [0.15, 0.2) is 0 Å². The number of carbonyl (C=O) groups excluding carboxylic acids is 1. The van der Waals surface area contributed by atoms with Crippen molar-refractivity contribution in [3.63, 3.8) is 0 Å². The van der Waals surface area contributed by atoms with Crippen LogP contribution in [0.5, 0.6) is 0 Å². The molecule has 1 saturated carbocycles. The number of nitrogens with one attached hydrogen (secondary N) is 1. The standard InChI is InChI=1S/C12H10BrNO3/c13-8-4-6(11(16)17)3-7-9(8)12(1-2-12)5-14-10(7)15/h3-4H,1-2,5H2,(H,14,15)(H,16,17). The predicted molar refractivity (Wildman–Crippen MR) is 64.3 cm³/mol. The molecule has 1 fully saturated rings. The molecule has 0 bridgehead atoms. The van der Waals surface area contributed by atoms with Crippen molar-refractivity contribution in [2.24, 2.45) is 0 Å². The maximum absolute atomic E-state index is 11.8. The molecule has 1 aliphatic heterocycles. The molecular weight excluding hydrogens is 286 g/mol. The van der Waals surface area contributed by atoms with Crippen LogP contribution in [0.2, 0.25) is 0 Å². The third kappa shape index (κ3) is 1.49. The molecule has 1 aromatic carbocycles. The van der Waals surface area contributed by atoms with Gasteiger partial charge in [0.05, 0.1) is 5.56 Å². The lowest BCUT2D eigenvalue weighted by Crippen LogP contribution is -2.39. The molecule has 5 heteroatoms. The Kier molecular flexibility index (Phi) is 2.10. The van der Waals surface area contributed by atoms with Gasteiger partial charge in [-0.2, -0.15) is 0 Å². The zero-order chi connectivity index (χ0) is 12.2. The van der Waals surface area contributed by atoms with Gasteiger partial charge >= 0.3 is 5.97 Å². The summed E-state index contributed by atoms with van der Waals surface area (Å²) in [5, 5.41) is 11.8. The Morgan fingerprint density at radius 1 is 1.41 bits per heavy atom. The fourth-order valence-corrected chi connectivity index (χ4v) is 3.34. The maximum Gasteiger partial charge on any atom is 0.335 e. The molecule has 0 radical (unpaired) electrons. The molecule has 17 heavy (non-hydrogen) atoms. The molecule has 2 N–H and O–H groups in total. The average Bonchev–Trinajstić information content (AvgIpc) is 3.04. The van der Waals surface area contributed by atoms with Gasteiger partial charge in [-0.05, 0) is 30.5 Å². The van der Waals surface area contributed by atoms with Crippen LogP contribution in [0.3, 0.4) is 0 Å². The van der Waals surface area contributed by atoms with E-state index in [1.54, 1.807) is 6.07 Å². The Hall–Kier alpha value is -1.36. The lowest BCUT2D eigenvalue weighted by Gasteiger charge is -2.27. The van der Waals surface area contributed by atoms with E-state index >= 15 is 0 Å². The first kappa shape index (κ1) is 10.8. The van der Waals surface area contributed by atoms with E-state index in [1.807, 2.05) is 0 Å². The summed E-state index contributed by atoms with van der Waals surface area (Å²) in [6, 6.07) is 3.05. The highest BCUT2D eigenvalue weighted by molar-refractivity contribution is 9.10. The van der Waals surface area contributed by atoms with E-state index in [0.29, 0.717) is 12.1 Å². The van der Waals surface area contributed by atoms with Gasteiger partial charge in [-0.25, -0.2) is 4.79 Å². The fraction of sp³-hybridized carbons (Fsp3) is 0.333. The van der Waals surface area contributed by atoms with Crippen LogP contribution in [0, 0.1) is 0 Å². The summed E-state index contributed by atoms with van der Waals surface area (Å²) in [5.41, 5.74) is 1.66. The maximum atomic E-state index is 11.8. The highest BCUT2D eigenvalue weighted by Gasteiger charge is 2.50. The third-order valence-corrected chi connectivity index (χ3v) is 4.18. The third-order valence-electron chi connectivity index (χ3n) is 3.55. The molecule has 3 rings (SSSR count). The number of benzene rings is 1. The quantitative estimate of drug-likeness (QED) is 0.832. The van der Waals surface area contributed by atoms with Crippen LogP contribution in [0.25, 0.3) is 0 Å². The van der Waals surface area contributed by atoms with Crippen molar-refractivity contribution in [2.75, 3.05) is 6.54 Å². The van der Waals surface area contributed by atoms with Gasteiger partial charge in [-0.15, -0.1) is 0 Å². The van der Waals surface area contributed by atoms with Crippen LogP contribution in [-0.4, -0.2) is 23.5 Å². The largest absolute Gasteiger partial charge is 0.478 e. The number of halogens is 1. The summed E-state index contributed by atoms with van der Waals surface area (Å²) in [6.45, 7) is 0.657. The van der Waals surface area contributed by atoms with Crippen LogP contribution in [-0.2, 0) is 5.41 Å². The minimum atomic E-state index is -1.02. The summed E-state index contributed by atoms with van der Waals surface area (Å²) >= 11 is 3.40. The number of hydrogen-bond acceptors (Lipinski definition) is 2. The molecule has 1 aliphatic carbocycles. The van der Waals surface area contributed by atoms with E-state index in [0.717, 1.165) is 22.9 Å². The molecule has 0 unspecified atom stereocenters. The van der Waals surface area contributed by atoms with Gasteiger partial charge < -0.3 is 10.4 Å². The molecule has 1 aromatic rings. The highest BCUT2D eigenvalue weighted by Crippen LogP contribution is 2.53. The number of rotatable bonds is 1. The number of amides is 1. The van der Waals surface area contributed by atoms with Crippen molar-refractivity contribution in [2.45, 2.75) is 18.3 Å². The number of carbonyl (C=O) groups is 2. The van der Waals surface area contributed by atoms with Crippen LogP contribution >= 0.6 is 15.9 Å². The normalized spacial score (nSPS) is 19.7. The van der Waals surface area contributed by atoms with E-state index in [4.69, 9.17) is 5.11 Å². The monoisotopic (exact) mass is 295 g/mol. The van der Waals surface area contributed by atoms with E-state index in [2.05, 4.69) is 21.2 Å². The SMILES string of the molecule is O=C(O)c1cc(Br)c2c(c1)C(=O)NCC21CC1. The first-order valence-corrected chi connectivity index (χ1v) is 6.18.